The van der Waals surface area contributed by atoms with Crippen molar-refractivity contribution in [1.82, 2.24) is 14.8 Å². The number of aromatic nitrogens is 3. The zero-order chi connectivity index (χ0) is 15.6. The summed E-state index contributed by atoms with van der Waals surface area (Å²) in [5, 5.41) is 21.6. The monoisotopic (exact) mass is 313 g/mol. The third-order valence-corrected chi connectivity index (χ3v) is 3.76. The Labute approximate surface area is 120 Å². The molecule has 0 aliphatic rings. The van der Waals surface area contributed by atoms with Crippen molar-refractivity contribution in [3.63, 3.8) is 0 Å². The van der Waals surface area contributed by atoms with Gasteiger partial charge in [0.15, 0.2) is 5.65 Å². The minimum Gasteiger partial charge on any atom is -0.478 e. The van der Waals surface area contributed by atoms with Crippen molar-refractivity contribution in [3.05, 3.63) is 18.0 Å². The van der Waals surface area contributed by atoms with E-state index >= 15 is 0 Å². The number of hydrogen-bond acceptors (Lipinski definition) is 6. The Morgan fingerprint density at radius 3 is 2.81 bits per heavy atom. The fourth-order valence-corrected chi connectivity index (χ4v) is 2.48. The number of carboxylic acid groups (broad SMARTS) is 1. The molecule has 0 atom stereocenters. The molecule has 4 N–H and O–H groups in total. The highest BCUT2D eigenvalue weighted by Crippen LogP contribution is 2.25. The van der Waals surface area contributed by atoms with Gasteiger partial charge in [0.05, 0.1) is 23.0 Å². The fraction of sp³-hybridized carbons (Fsp3) is 0.364. The molecule has 2 aromatic rings. The second-order valence-corrected chi connectivity index (χ2v) is 6.24. The molecular formula is C11H15N5O4S. The molecule has 0 unspecified atom stereocenters. The fourth-order valence-electron chi connectivity index (χ4n) is 1.94. The Morgan fingerprint density at radius 2 is 2.19 bits per heavy atom. The first-order valence-corrected chi connectivity index (χ1v) is 7.79. The molecule has 0 amide bonds. The molecular weight excluding hydrogens is 298 g/mol. The molecule has 9 nitrogen and oxygen atoms in total. The van der Waals surface area contributed by atoms with Crippen LogP contribution in [0.2, 0.25) is 0 Å². The average Bonchev–Trinajstić information content (AvgIpc) is 2.75. The molecule has 0 bridgehead atoms. The smallest absolute Gasteiger partial charge is 0.339 e. The van der Waals surface area contributed by atoms with Gasteiger partial charge in [0, 0.05) is 19.8 Å². The van der Waals surface area contributed by atoms with Crippen molar-refractivity contribution >= 4 is 32.7 Å². The van der Waals surface area contributed by atoms with Crippen LogP contribution in [0, 0.1) is 0 Å². The van der Waals surface area contributed by atoms with Crippen LogP contribution in [0.3, 0.4) is 0 Å². The van der Waals surface area contributed by atoms with E-state index in [2.05, 4.69) is 15.4 Å². The number of aromatic carboxylic acids is 1. The minimum atomic E-state index is -3.53. The number of fused-ring (bicyclic) bond motifs is 1. The Balaban J connectivity index is 2.27. The lowest BCUT2D eigenvalue weighted by atomic mass is 10.2. The van der Waals surface area contributed by atoms with Crippen molar-refractivity contribution in [3.8, 4) is 0 Å². The summed E-state index contributed by atoms with van der Waals surface area (Å²) in [5.74, 6) is -1.30. The summed E-state index contributed by atoms with van der Waals surface area (Å²) in [6, 6.07) is 0. The molecule has 2 rings (SSSR count). The number of aryl methyl sites for hydroxylation is 1. The standard InChI is InChI=1S/C11H15N5O4S/c1-16-10-7(6-15-16)9(8(5-14-10)11(17)18)13-3-2-4-21(12,19)20/h5-6H,2-4H2,1H3,(H,13,14)(H,17,18)(H2,12,19,20). The number of rotatable bonds is 6. The summed E-state index contributed by atoms with van der Waals surface area (Å²) in [5.41, 5.74) is 0.912. The number of carboxylic acids is 1. The SMILES string of the molecule is Cn1ncc2c(NCCCS(N)(=O)=O)c(C(=O)O)cnc21. The van der Waals surface area contributed by atoms with E-state index in [1.165, 1.54) is 17.1 Å². The first-order chi connectivity index (χ1) is 9.79. The number of sulfonamides is 1. The maximum absolute atomic E-state index is 11.2. The molecule has 0 saturated carbocycles. The number of nitrogens with two attached hydrogens (primary N) is 1. The largest absolute Gasteiger partial charge is 0.478 e. The maximum atomic E-state index is 11.2. The van der Waals surface area contributed by atoms with E-state index in [0.717, 1.165) is 0 Å². The van der Waals surface area contributed by atoms with E-state index in [1.54, 1.807) is 7.05 Å². The first-order valence-electron chi connectivity index (χ1n) is 6.08. The Morgan fingerprint density at radius 1 is 1.48 bits per heavy atom. The average molecular weight is 313 g/mol. The molecule has 2 aromatic heterocycles. The number of nitrogens with zero attached hydrogens (tertiary/aromatic N) is 3. The summed E-state index contributed by atoms with van der Waals surface area (Å²) in [7, 11) is -1.83. The third-order valence-electron chi connectivity index (χ3n) is 2.90. The zero-order valence-corrected chi connectivity index (χ0v) is 12.1. The molecule has 21 heavy (non-hydrogen) atoms. The highest BCUT2D eigenvalue weighted by atomic mass is 32.2. The van der Waals surface area contributed by atoms with Gasteiger partial charge in [-0.05, 0) is 6.42 Å². The van der Waals surface area contributed by atoms with Gasteiger partial charge in [0.1, 0.15) is 5.56 Å². The summed E-state index contributed by atoms with van der Waals surface area (Å²) in [6.45, 7) is 0.269. The molecule has 10 heteroatoms. The van der Waals surface area contributed by atoms with E-state index in [9.17, 15) is 18.3 Å². The van der Waals surface area contributed by atoms with E-state index in [1.807, 2.05) is 0 Å². The quantitative estimate of drug-likeness (QED) is 0.625. The van der Waals surface area contributed by atoms with Crippen molar-refractivity contribution in [1.29, 1.82) is 0 Å². The van der Waals surface area contributed by atoms with E-state index < -0.39 is 16.0 Å². The van der Waals surface area contributed by atoms with Gasteiger partial charge >= 0.3 is 5.97 Å². The zero-order valence-electron chi connectivity index (χ0n) is 11.3. The molecule has 0 aromatic carbocycles. The van der Waals surface area contributed by atoms with Crippen molar-refractivity contribution in [2.75, 3.05) is 17.6 Å². The van der Waals surface area contributed by atoms with Gasteiger partial charge in [-0.15, -0.1) is 0 Å². The first kappa shape index (κ1) is 15.2. The van der Waals surface area contributed by atoms with Gasteiger partial charge in [-0.3, -0.25) is 4.68 Å². The van der Waals surface area contributed by atoms with Crippen LogP contribution in [0.15, 0.2) is 12.4 Å². The van der Waals surface area contributed by atoms with Crippen LogP contribution >= 0.6 is 0 Å². The lowest BCUT2D eigenvalue weighted by molar-refractivity contribution is 0.0697. The summed E-state index contributed by atoms with van der Waals surface area (Å²) < 4.78 is 23.3. The van der Waals surface area contributed by atoms with Gasteiger partial charge in [-0.1, -0.05) is 0 Å². The van der Waals surface area contributed by atoms with Crippen LogP contribution in [0.4, 0.5) is 5.69 Å². The number of anilines is 1. The minimum absolute atomic E-state index is 0.00565. The molecule has 0 fully saturated rings. The van der Waals surface area contributed by atoms with Crippen LogP contribution in [-0.2, 0) is 17.1 Å². The topological polar surface area (TPSA) is 140 Å². The Kier molecular flexibility index (Phi) is 4.09. The Hall–Kier alpha value is -2.20. The van der Waals surface area contributed by atoms with E-state index in [0.29, 0.717) is 16.7 Å². The van der Waals surface area contributed by atoms with Gasteiger partial charge in [-0.25, -0.2) is 23.3 Å². The highest BCUT2D eigenvalue weighted by Gasteiger charge is 2.16. The second-order valence-electron chi connectivity index (χ2n) is 4.50. The van der Waals surface area contributed by atoms with Crippen molar-refractivity contribution in [2.45, 2.75) is 6.42 Å². The van der Waals surface area contributed by atoms with Gasteiger partial charge < -0.3 is 10.4 Å². The number of carbonyl (C=O) groups is 1. The molecule has 0 aliphatic heterocycles. The van der Waals surface area contributed by atoms with Crippen LogP contribution < -0.4 is 10.5 Å². The van der Waals surface area contributed by atoms with Crippen LogP contribution in [0.1, 0.15) is 16.8 Å². The van der Waals surface area contributed by atoms with E-state index in [-0.39, 0.29) is 24.3 Å². The lowest BCUT2D eigenvalue weighted by Crippen LogP contribution is -2.19. The second kappa shape index (κ2) is 5.66. The summed E-state index contributed by atoms with van der Waals surface area (Å²) in [4.78, 5) is 15.3. The summed E-state index contributed by atoms with van der Waals surface area (Å²) in [6.07, 6.45) is 3.02. The van der Waals surface area contributed by atoms with Crippen LogP contribution in [0.25, 0.3) is 11.0 Å². The molecule has 2 heterocycles. The third kappa shape index (κ3) is 3.47. The predicted octanol–water partition coefficient (Wildman–Crippen LogP) is -0.243. The van der Waals surface area contributed by atoms with Crippen molar-refractivity contribution < 1.29 is 18.3 Å². The molecule has 0 spiro atoms. The number of pyridine rings is 1. The number of hydrogen-bond donors (Lipinski definition) is 3. The molecule has 0 radical (unpaired) electrons. The lowest BCUT2D eigenvalue weighted by Gasteiger charge is -2.10. The van der Waals surface area contributed by atoms with Crippen LogP contribution in [-0.4, -0.2) is 46.6 Å². The number of nitrogens with one attached hydrogen (secondary N) is 1. The molecule has 0 aliphatic carbocycles. The highest BCUT2D eigenvalue weighted by molar-refractivity contribution is 7.89. The summed E-state index contributed by atoms with van der Waals surface area (Å²) >= 11 is 0. The van der Waals surface area contributed by atoms with Crippen LogP contribution in [0.5, 0.6) is 0 Å². The normalized spacial score (nSPS) is 11.7. The van der Waals surface area contributed by atoms with Gasteiger partial charge in [-0.2, -0.15) is 5.10 Å². The van der Waals surface area contributed by atoms with E-state index in [4.69, 9.17) is 5.14 Å². The molecule has 0 saturated heterocycles. The van der Waals surface area contributed by atoms with Gasteiger partial charge in [0.2, 0.25) is 10.0 Å². The predicted molar refractivity (Wildman–Crippen MR) is 76.5 cm³/mol. The maximum Gasteiger partial charge on any atom is 0.339 e. The van der Waals surface area contributed by atoms with Crippen molar-refractivity contribution in [2.24, 2.45) is 12.2 Å². The Bertz CT molecular complexity index is 783. The molecule has 114 valence electrons. The number of primary sulfonamides is 1. The van der Waals surface area contributed by atoms with Gasteiger partial charge in [0.25, 0.3) is 0 Å².